The van der Waals surface area contributed by atoms with Crippen molar-refractivity contribution in [3.05, 3.63) is 65.5 Å². The Morgan fingerprint density at radius 1 is 1.08 bits per heavy atom. The first kappa shape index (κ1) is 17.7. The summed E-state index contributed by atoms with van der Waals surface area (Å²) in [7, 11) is 0. The Hall–Kier alpha value is -2.69. The highest BCUT2D eigenvalue weighted by atomic mass is 19.1. The van der Waals surface area contributed by atoms with Crippen molar-refractivity contribution in [1.82, 2.24) is 0 Å². The van der Waals surface area contributed by atoms with Crippen molar-refractivity contribution in [2.45, 2.75) is 32.7 Å². The van der Waals surface area contributed by atoms with Crippen LogP contribution in [0, 0.1) is 12.7 Å². The highest BCUT2D eigenvalue weighted by molar-refractivity contribution is 6.00. The molecule has 0 aliphatic heterocycles. The normalized spacial score (nSPS) is 11.8. The lowest BCUT2D eigenvalue weighted by Gasteiger charge is -2.28. The van der Waals surface area contributed by atoms with Crippen molar-refractivity contribution in [2.24, 2.45) is 0 Å². The fraction of sp³-hybridized carbons (Fsp3) is 0.263. The average Bonchev–Trinajstić information content (AvgIpc) is 2.55. The maximum absolute atomic E-state index is 13.2. The van der Waals surface area contributed by atoms with Crippen LogP contribution in [-0.2, 0) is 16.0 Å². The molecule has 0 bridgehead atoms. The highest BCUT2D eigenvalue weighted by Crippen LogP contribution is 2.21. The van der Waals surface area contributed by atoms with E-state index in [2.05, 4.69) is 0 Å². The molecule has 0 saturated heterocycles. The van der Waals surface area contributed by atoms with Crippen molar-refractivity contribution in [3.8, 4) is 0 Å². The average molecular weight is 329 g/mol. The molecular formula is C19H20FNO3. The number of carboxylic acids is 1. The third-order valence-corrected chi connectivity index (χ3v) is 3.83. The maximum Gasteiger partial charge on any atom is 0.326 e. The minimum Gasteiger partial charge on any atom is -0.480 e. The molecule has 5 heteroatoms. The molecule has 0 spiro atoms. The van der Waals surface area contributed by atoms with Crippen LogP contribution in [0.15, 0.2) is 48.5 Å². The third kappa shape index (κ3) is 4.19. The van der Waals surface area contributed by atoms with Gasteiger partial charge in [0.15, 0.2) is 0 Å². The van der Waals surface area contributed by atoms with Gasteiger partial charge in [-0.3, -0.25) is 9.69 Å². The molecule has 0 radical (unpaired) electrons. The molecule has 0 saturated carbocycles. The number of carboxylic acid groups (broad SMARTS) is 1. The monoisotopic (exact) mass is 329 g/mol. The highest BCUT2D eigenvalue weighted by Gasteiger charge is 2.29. The number of hydrogen-bond donors (Lipinski definition) is 1. The largest absolute Gasteiger partial charge is 0.480 e. The lowest BCUT2D eigenvalue weighted by molar-refractivity contribution is -0.140. The summed E-state index contributed by atoms with van der Waals surface area (Å²) >= 11 is 0. The number of rotatable bonds is 6. The van der Waals surface area contributed by atoms with Crippen LogP contribution in [0.5, 0.6) is 0 Å². The zero-order chi connectivity index (χ0) is 17.7. The molecule has 1 atom stereocenters. The topological polar surface area (TPSA) is 57.6 Å². The molecule has 1 unspecified atom stereocenters. The summed E-state index contributed by atoms with van der Waals surface area (Å²) in [6, 6.07) is 11.8. The van der Waals surface area contributed by atoms with E-state index in [0.717, 1.165) is 11.1 Å². The van der Waals surface area contributed by atoms with Gasteiger partial charge in [0, 0.05) is 5.69 Å². The zero-order valence-corrected chi connectivity index (χ0v) is 13.7. The molecule has 0 fully saturated rings. The second kappa shape index (κ2) is 7.73. The molecule has 0 aliphatic carbocycles. The summed E-state index contributed by atoms with van der Waals surface area (Å²) in [5.41, 5.74) is 2.26. The van der Waals surface area contributed by atoms with Crippen LogP contribution in [0.3, 0.4) is 0 Å². The van der Waals surface area contributed by atoms with Gasteiger partial charge < -0.3 is 5.11 Å². The lowest BCUT2D eigenvalue weighted by Crippen LogP contribution is -2.45. The molecule has 0 heterocycles. The van der Waals surface area contributed by atoms with Gasteiger partial charge >= 0.3 is 5.97 Å². The van der Waals surface area contributed by atoms with Crippen molar-refractivity contribution in [1.29, 1.82) is 0 Å². The van der Waals surface area contributed by atoms with Gasteiger partial charge in [-0.25, -0.2) is 9.18 Å². The van der Waals surface area contributed by atoms with Crippen molar-refractivity contribution in [3.63, 3.8) is 0 Å². The Labute approximate surface area is 140 Å². The van der Waals surface area contributed by atoms with E-state index in [0.29, 0.717) is 5.69 Å². The van der Waals surface area contributed by atoms with Crippen LogP contribution in [0.1, 0.15) is 24.5 Å². The van der Waals surface area contributed by atoms with Gasteiger partial charge in [0.25, 0.3) is 0 Å². The van der Waals surface area contributed by atoms with E-state index in [4.69, 9.17) is 0 Å². The van der Waals surface area contributed by atoms with E-state index >= 15 is 0 Å². The standard InChI is InChI=1S/C19H20FNO3/c1-3-17(19(23)24)21(16-10-8-15(20)9-11-16)18(22)12-14-6-4-13(2)5-7-14/h4-11,17H,3,12H2,1-2H3,(H,23,24). The van der Waals surface area contributed by atoms with Crippen molar-refractivity contribution in [2.75, 3.05) is 4.90 Å². The Kier molecular flexibility index (Phi) is 5.68. The van der Waals surface area contributed by atoms with Crippen molar-refractivity contribution >= 4 is 17.6 Å². The van der Waals surface area contributed by atoms with Crippen LogP contribution in [-0.4, -0.2) is 23.0 Å². The molecule has 2 aromatic rings. The second-order valence-corrected chi connectivity index (χ2v) is 5.66. The molecule has 4 nitrogen and oxygen atoms in total. The van der Waals surface area contributed by atoms with E-state index in [1.54, 1.807) is 6.92 Å². The number of carbonyl (C=O) groups excluding carboxylic acids is 1. The van der Waals surface area contributed by atoms with Crippen LogP contribution in [0.25, 0.3) is 0 Å². The molecule has 126 valence electrons. The molecule has 0 aliphatic rings. The predicted molar refractivity (Wildman–Crippen MR) is 90.5 cm³/mol. The number of aliphatic carboxylic acids is 1. The van der Waals surface area contributed by atoms with Gasteiger partial charge in [-0.2, -0.15) is 0 Å². The number of amides is 1. The van der Waals surface area contributed by atoms with E-state index in [-0.39, 0.29) is 18.7 Å². The lowest BCUT2D eigenvalue weighted by atomic mass is 10.1. The molecule has 1 amide bonds. The van der Waals surface area contributed by atoms with Gasteiger partial charge in [-0.05, 0) is 43.2 Å². The fourth-order valence-electron chi connectivity index (χ4n) is 2.53. The van der Waals surface area contributed by atoms with Gasteiger partial charge in [0.05, 0.1) is 6.42 Å². The van der Waals surface area contributed by atoms with Gasteiger partial charge in [0.2, 0.25) is 5.91 Å². The predicted octanol–water partition coefficient (Wildman–Crippen LogP) is 3.57. The van der Waals surface area contributed by atoms with Crippen molar-refractivity contribution < 1.29 is 19.1 Å². The molecule has 0 aromatic heterocycles. The van der Waals surface area contributed by atoms with E-state index < -0.39 is 17.8 Å². The quantitative estimate of drug-likeness (QED) is 0.881. The zero-order valence-electron chi connectivity index (χ0n) is 13.7. The molecule has 1 N–H and O–H groups in total. The van der Waals surface area contributed by atoms with E-state index in [1.165, 1.54) is 29.2 Å². The molecule has 2 aromatic carbocycles. The van der Waals surface area contributed by atoms with E-state index in [1.807, 2.05) is 31.2 Å². The first-order chi connectivity index (χ1) is 11.4. The first-order valence-electron chi connectivity index (χ1n) is 7.78. The summed E-state index contributed by atoms with van der Waals surface area (Å²) in [6.07, 6.45) is 0.341. The Balaban J connectivity index is 2.33. The Bertz CT molecular complexity index is 710. The SMILES string of the molecule is CCC(C(=O)O)N(C(=O)Cc1ccc(C)cc1)c1ccc(F)cc1. The van der Waals surface area contributed by atoms with Crippen LogP contribution >= 0.6 is 0 Å². The Morgan fingerprint density at radius 2 is 1.67 bits per heavy atom. The number of anilines is 1. The number of halogens is 1. The second-order valence-electron chi connectivity index (χ2n) is 5.66. The fourth-order valence-corrected chi connectivity index (χ4v) is 2.53. The molecular weight excluding hydrogens is 309 g/mol. The van der Waals surface area contributed by atoms with Crippen LogP contribution in [0.4, 0.5) is 10.1 Å². The molecule has 24 heavy (non-hydrogen) atoms. The smallest absolute Gasteiger partial charge is 0.326 e. The minimum absolute atomic E-state index is 0.0848. The van der Waals surface area contributed by atoms with E-state index in [9.17, 15) is 19.1 Å². The van der Waals surface area contributed by atoms with Crippen LogP contribution < -0.4 is 4.90 Å². The van der Waals surface area contributed by atoms with Crippen LogP contribution in [0.2, 0.25) is 0 Å². The van der Waals surface area contributed by atoms with Gasteiger partial charge in [-0.1, -0.05) is 36.8 Å². The number of hydrogen-bond acceptors (Lipinski definition) is 2. The number of aryl methyl sites for hydroxylation is 1. The Morgan fingerprint density at radius 3 is 2.17 bits per heavy atom. The maximum atomic E-state index is 13.2. The summed E-state index contributed by atoms with van der Waals surface area (Å²) in [5, 5.41) is 9.44. The third-order valence-electron chi connectivity index (χ3n) is 3.83. The van der Waals surface area contributed by atoms with Gasteiger partial charge in [0.1, 0.15) is 11.9 Å². The summed E-state index contributed by atoms with van der Waals surface area (Å²) in [4.78, 5) is 25.5. The number of nitrogens with zero attached hydrogens (tertiary/aromatic N) is 1. The first-order valence-corrected chi connectivity index (χ1v) is 7.78. The molecule has 2 rings (SSSR count). The van der Waals surface area contributed by atoms with Gasteiger partial charge in [-0.15, -0.1) is 0 Å². The number of benzene rings is 2. The summed E-state index contributed by atoms with van der Waals surface area (Å²) < 4.78 is 13.2. The summed E-state index contributed by atoms with van der Waals surface area (Å²) in [5.74, 6) is -1.85. The number of carbonyl (C=O) groups is 2. The minimum atomic E-state index is -1.08. The summed E-state index contributed by atoms with van der Waals surface area (Å²) in [6.45, 7) is 3.66.